The number of hydrogen-bond donors (Lipinski definition) is 3. The average molecular weight is 380 g/mol. The Labute approximate surface area is 153 Å². The van der Waals surface area contributed by atoms with Gasteiger partial charge >= 0.3 is 0 Å². The molecule has 0 spiro atoms. The van der Waals surface area contributed by atoms with Crippen LogP contribution in [0.25, 0.3) is 10.9 Å². The molecule has 0 saturated carbocycles. The van der Waals surface area contributed by atoms with Gasteiger partial charge < -0.3 is 15.6 Å². The van der Waals surface area contributed by atoms with E-state index in [0.717, 1.165) is 29.4 Å². The summed E-state index contributed by atoms with van der Waals surface area (Å²) in [5.41, 5.74) is 1.97. The minimum atomic E-state index is -2.87. The predicted octanol–water partition coefficient (Wildman–Crippen LogP) is 1.84. The molecule has 1 atom stereocenters. The van der Waals surface area contributed by atoms with Crippen molar-refractivity contribution >= 4 is 26.7 Å². The summed E-state index contributed by atoms with van der Waals surface area (Å²) in [7, 11) is -2.87. The molecule has 1 fully saturated rings. The molecule has 26 heavy (non-hydrogen) atoms. The van der Waals surface area contributed by atoms with Crippen LogP contribution in [0, 0.1) is 11.7 Å². The molecule has 0 amide bonds. The van der Waals surface area contributed by atoms with Gasteiger partial charge in [0.05, 0.1) is 11.5 Å². The summed E-state index contributed by atoms with van der Waals surface area (Å²) in [5.74, 6) is 1.05. The molecule has 2 heterocycles. The Kier molecular flexibility index (Phi) is 5.80. The Morgan fingerprint density at radius 2 is 2.23 bits per heavy atom. The SMILES string of the molecule is CCNC(=NCC1CCS(=O)(=O)C1)NCCc1c[nH]c2ccc(F)cc12. The topological polar surface area (TPSA) is 86.3 Å². The van der Waals surface area contributed by atoms with Crippen LogP contribution in [0.2, 0.25) is 0 Å². The molecule has 0 aliphatic carbocycles. The number of aromatic nitrogens is 1. The highest BCUT2D eigenvalue weighted by atomic mass is 32.2. The van der Waals surface area contributed by atoms with Crippen LogP contribution >= 0.6 is 0 Å². The highest BCUT2D eigenvalue weighted by Gasteiger charge is 2.27. The zero-order chi connectivity index (χ0) is 18.6. The van der Waals surface area contributed by atoms with Crippen LogP contribution in [0.5, 0.6) is 0 Å². The van der Waals surface area contributed by atoms with Crippen molar-refractivity contribution < 1.29 is 12.8 Å². The largest absolute Gasteiger partial charge is 0.361 e. The molecule has 1 aliphatic rings. The van der Waals surface area contributed by atoms with Crippen molar-refractivity contribution in [1.82, 2.24) is 15.6 Å². The molecule has 1 saturated heterocycles. The zero-order valence-electron chi connectivity index (χ0n) is 14.9. The summed E-state index contributed by atoms with van der Waals surface area (Å²) >= 11 is 0. The van der Waals surface area contributed by atoms with Gasteiger partial charge in [-0.05, 0) is 49.4 Å². The van der Waals surface area contributed by atoms with Crippen LogP contribution in [0.3, 0.4) is 0 Å². The number of benzene rings is 1. The first kappa shape index (κ1) is 18.7. The third-order valence-corrected chi connectivity index (χ3v) is 6.43. The quantitative estimate of drug-likeness (QED) is 0.527. The lowest BCUT2D eigenvalue weighted by Gasteiger charge is -2.12. The van der Waals surface area contributed by atoms with E-state index in [9.17, 15) is 12.8 Å². The van der Waals surface area contributed by atoms with Crippen LogP contribution in [-0.2, 0) is 16.3 Å². The van der Waals surface area contributed by atoms with E-state index in [1.165, 1.54) is 6.07 Å². The predicted molar refractivity (Wildman–Crippen MR) is 103 cm³/mol. The van der Waals surface area contributed by atoms with Gasteiger partial charge in [0.15, 0.2) is 15.8 Å². The molecule has 3 rings (SSSR count). The Balaban J connectivity index is 1.56. The van der Waals surface area contributed by atoms with Gasteiger partial charge in [-0.2, -0.15) is 0 Å². The second kappa shape index (κ2) is 8.07. The smallest absolute Gasteiger partial charge is 0.191 e. The molecule has 142 valence electrons. The number of aromatic amines is 1. The molecule has 0 radical (unpaired) electrons. The van der Waals surface area contributed by atoms with E-state index in [2.05, 4.69) is 20.6 Å². The van der Waals surface area contributed by atoms with E-state index >= 15 is 0 Å². The molecule has 1 aliphatic heterocycles. The van der Waals surface area contributed by atoms with Gasteiger partial charge in [-0.1, -0.05) is 0 Å². The van der Waals surface area contributed by atoms with E-state index in [1.54, 1.807) is 12.1 Å². The summed E-state index contributed by atoms with van der Waals surface area (Å²) in [6.07, 6.45) is 3.32. The molecule has 0 bridgehead atoms. The van der Waals surface area contributed by atoms with Gasteiger partial charge in [0.25, 0.3) is 0 Å². The summed E-state index contributed by atoms with van der Waals surface area (Å²) in [5, 5.41) is 7.33. The lowest BCUT2D eigenvalue weighted by molar-refractivity contribution is 0.589. The van der Waals surface area contributed by atoms with Crippen LogP contribution in [0.1, 0.15) is 18.9 Å². The summed E-state index contributed by atoms with van der Waals surface area (Å²) in [6.45, 7) is 3.87. The maximum absolute atomic E-state index is 13.4. The monoisotopic (exact) mass is 380 g/mol. The second-order valence-electron chi connectivity index (χ2n) is 6.67. The van der Waals surface area contributed by atoms with Crippen molar-refractivity contribution in [2.24, 2.45) is 10.9 Å². The fourth-order valence-electron chi connectivity index (χ4n) is 3.25. The molecule has 1 unspecified atom stereocenters. The van der Waals surface area contributed by atoms with Crippen molar-refractivity contribution in [2.75, 3.05) is 31.1 Å². The van der Waals surface area contributed by atoms with Crippen molar-refractivity contribution in [3.05, 3.63) is 35.8 Å². The Bertz CT molecular complexity index is 892. The highest BCUT2D eigenvalue weighted by molar-refractivity contribution is 7.91. The Morgan fingerprint density at radius 3 is 2.96 bits per heavy atom. The van der Waals surface area contributed by atoms with Crippen molar-refractivity contribution in [3.8, 4) is 0 Å². The van der Waals surface area contributed by atoms with Crippen molar-refractivity contribution in [1.29, 1.82) is 0 Å². The maximum atomic E-state index is 13.4. The third-order valence-electron chi connectivity index (χ3n) is 4.59. The first-order chi connectivity index (χ1) is 12.5. The van der Waals surface area contributed by atoms with Crippen LogP contribution in [-0.4, -0.2) is 50.5 Å². The average Bonchev–Trinajstić information content (AvgIpc) is 3.15. The standard InChI is InChI=1S/C18H25FN4O2S/c1-2-20-18(23-10-13-6-8-26(24,25)12-13)21-7-5-14-11-22-17-4-3-15(19)9-16(14)17/h3-4,9,11,13,22H,2,5-8,10,12H2,1H3,(H2,20,21,23). The van der Waals surface area contributed by atoms with E-state index < -0.39 is 9.84 Å². The number of aliphatic imine (C=N–C) groups is 1. The van der Waals surface area contributed by atoms with Gasteiger partial charge in [0.1, 0.15) is 5.82 Å². The lowest BCUT2D eigenvalue weighted by atomic mass is 10.1. The Hall–Kier alpha value is -2.09. The summed E-state index contributed by atoms with van der Waals surface area (Å²) in [4.78, 5) is 7.67. The lowest BCUT2D eigenvalue weighted by Crippen LogP contribution is -2.38. The number of halogens is 1. The van der Waals surface area contributed by atoms with E-state index in [4.69, 9.17) is 0 Å². The van der Waals surface area contributed by atoms with Gasteiger partial charge in [-0.25, -0.2) is 12.8 Å². The number of hydrogen-bond acceptors (Lipinski definition) is 3. The van der Waals surface area contributed by atoms with Gasteiger partial charge in [-0.15, -0.1) is 0 Å². The van der Waals surface area contributed by atoms with Crippen LogP contribution < -0.4 is 10.6 Å². The molecule has 2 aromatic rings. The minimum Gasteiger partial charge on any atom is -0.361 e. The van der Waals surface area contributed by atoms with Crippen molar-refractivity contribution in [3.63, 3.8) is 0 Å². The Morgan fingerprint density at radius 1 is 1.38 bits per heavy atom. The van der Waals surface area contributed by atoms with Gasteiger partial charge in [0.2, 0.25) is 0 Å². The molecule has 3 N–H and O–H groups in total. The number of rotatable bonds is 6. The van der Waals surface area contributed by atoms with Gasteiger partial charge in [-0.3, -0.25) is 4.99 Å². The number of H-pyrrole nitrogens is 1. The molecule has 1 aromatic heterocycles. The second-order valence-corrected chi connectivity index (χ2v) is 8.90. The molecule has 6 nitrogen and oxygen atoms in total. The fraction of sp³-hybridized carbons (Fsp3) is 0.500. The number of nitrogens with zero attached hydrogens (tertiary/aromatic N) is 1. The maximum Gasteiger partial charge on any atom is 0.191 e. The summed E-state index contributed by atoms with van der Waals surface area (Å²) in [6, 6.07) is 4.73. The normalized spacial score (nSPS) is 19.8. The fourth-order valence-corrected chi connectivity index (χ4v) is 5.10. The molecular formula is C18H25FN4O2S. The highest BCUT2D eigenvalue weighted by Crippen LogP contribution is 2.20. The molecule has 1 aromatic carbocycles. The first-order valence-electron chi connectivity index (χ1n) is 8.95. The van der Waals surface area contributed by atoms with E-state index in [-0.39, 0.29) is 23.2 Å². The molecule has 8 heteroatoms. The van der Waals surface area contributed by atoms with Crippen molar-refractivity contribution in [2.45, 2.75) is 19.8 Å². The van der Waals surface area contributed by atoms with Gasteiger partial charge in [0, 0.05) is 36.7 Å². The third kappa shape index (κ3) is 4.75. The zero-order valence-corrected chi connectivity index (χ0v) is 15.7. The van der Waals surface area contributed by atoms with E-state index in [1.807, 2.05) is 13.1 Å². The van der Waals surface area contributed by atoms with E-state index in [0.29, 0.717) is 25.5 Å². The van der Waals surface area contributed by atoms with Crippen LogP contribution in [0.15, 0.2) is 29.4 Å². The number of nitrogens with one attached hydrogen (secondary N) is 3. The van der Waals surface area contributed by atoms with Crippen LogP contribution in [0.4, 0.5) is 4.39 Å². The number of guanidine groups is 1. The number of fused-ring (bicyclic) bond motifs is 1. The molecular weight excluding hydrogens is 355 g/mol. The minimum absolute atomic E-state index is 0.104. The first-order valence-corrected chi connectivity index (χ1v) is 10.8. The summed E-state index contributed by atoms with van der Waals surface area (Å²) < 4.78 is 36.5. The number of sulfone groups is 1.